The highest BCUT2D eigenvalue weighted by molar-refractivity contribution is 7.80. The van der Waals surface area contributed by atoms with Crippen molar-refractivity contribution in [1.29, 1.82) is 0 Å². The van der Waals surface area contributed by atoms with Crippen LogP contribution in [-0.4, -0.2) is 60.8 Å². The zero-order chi connectivity index (χ0) is 28.3. The minimum absolute atomic E-state index is 0.0205. The smallest absolute Gasteiger partial charge is 0.260 e. The second kappa shape index (κ2) is 12.0. The fourth-order valence-corrected chi connectivity index (χ4v) is 5.25. The standard InChI is InChI=1S/C29H36N4O5S/c1-16-7-9-22(17(2)11-16)31-28(35)26-20(5)30-29(39)32-27(26)21-8-10-23(24(12-21)36-6)37-15-25(34)33-13-18(3)38-19(4)14-33/h7-12,18-19,27H,13-15H2,1-6H3,(H,31,35)(H2,30,32,39)/t18-,19+,27-/m0/s1. The van der Waals surface area contributed by atoms with E-state index in [1.54, 1.807) is 17.0 Å². The number of morpholine rings is 1. The zero-order valence-electron chi connectivity index (χ0n) is 23.2. The maximum atomic E-state index is 13.5. The maximum Gasteiger partial charge on any atom is 0.260 e. The van der Waals surface area contributed by atoms with E-state index in [-0.39, 0.29) is 30.6 Å². The number of rotatable bonds is 7. The van der Waals surface area contributed by atoms with Gasteiger partial charge in [0.15, 0.2) is 23.2 Å². The van der Waals surface area contributed by atoms with E-state index in [0.29, 0.717) is 41.0 Å². The first-order valence-corrected chi connectivity index (χ1v) is 13.4. The molecular formula is C29H36N4O5S. The van der Waals surface area contributed by atoms with Crippen LogP contribution in [0.5, 0.6) is 11.5 Å². The summed E-state index contributed by atoms with van der Waals surface area (Å²) in [5, 5.41) is 9.72. The molecule has 2 amide bonds. The zero-order valence-corrected chi connectivity index (χ0v) is 24.0. The second-order valence-corrected chi connectivity index (χ2v) is 10.5. The Morgan fingerprint density at radius 3 is 2.46 bits per heavy atom. The minimum Gasteiger partial charge on any atom is -0.493 e. The van der Waals surface area contributed by atoms with Gasteiger partial charge in [0.2, 0.25) is 0 Å². The molecule has 10 heteroatoms. The number of nitrogens with one attached hydrogen (secondary N) is 3. The quantitative estimate of drug-likeness (QED) is 0.447. The number of nitrogens with zero attached hydrogens (tertiary/aromatic N) is 1. The Balaban J connectivity index is 1.53. The largest absolute Gasteiger partial charge is 0.493 e. The fourth-order valence-electron chi connectivity index (χ4n) is 4.98. The average Bonchev–Trinajstić information content (AvgIpc) is 2.87. The molecule has 0 aromatic heterocycles. The van der Waals surface area contributed by atoms with Gasteiger partial charge in [-0.25, -0.2) is 0 Å². The molecule has 4 rings (SSSR count). The maximum absolute atomic E-state index is 13.5. The molecule has 39 heavy (non-hydrogen) atoms. The van der Waals surface area contributed by atoms with Crippen molar-refractivity contribution < 1.29 is 23.8 Å². The normalized spacial score (nSPS) is 21.1. The first kappa shape index (κ1) is 28.4. The van der Waals surface area contributed by atoms with Crippen molar-refractivity contribution in [3.05, 3.63) is 64.4 Å². The Bertz CT molecular complexity index is 1300. The summed E-state index contributed by atoms with van der Waals surface area (Å²) in [7, 11) is 1.54. The van der Waals surface area contributed by atoms with Crippen molar-refractivity contribution in [3.8, 4) is 11.5 Å². The van der Waals surface area contributed by atoms with Crippen LogP contribution in [0.3, 0.4) is 0 Å². The van der Waals surface area contributed by atoms with Crippen LogP contribution in [0.2, 0.25) is 0 Å². The molecule has 2 aliphatic heterocycles. The van der Waals surface area contributed by atoms with Crippen LogP contribution in [0.1, 0.15) is 43.5 Å². The van der Waals surface area contributed by atoms with E-state index in [1.807, 2.05) is 58.9 Å². The Labute approximate surface area is 234 Å². The molecule has 3 N–H and O–H groups in total. The van der Waals surface area contributed by atoms with Crippen molar-refractivity contribution >= 4 is 34.8 Å². The monoisotopic (exact) mass is 552 g/mol. The lowest BCUT2D eigenvalue weighted by molar-refractivity contribution is -0.145. The van der Waals surface area contributed by atoms with Gasteiger partial charge in [0, 0.05) is 24.5 Å². The van der Waals surface area contributed by atoms with E-state index < -0.39 is 6.04 Å². The Morgan fingerprint density at radius 2 is 1.79 bits per heavy atom. The van der Waals surface area contributed by atoms with Crippen molar-refractivity contribution in [2.75, 3.05) is 32.1 Å². The summed E-state index contributed by atoms with van der Waals surface area (Å²) in [6.45, 7) is 10.6. The third kappa shape index (κ3) is 6.69. The van der Waals surface area contributed by atoms with Gasteiger partial charge in [-0.1, -0.05) is 23.8 Å². The van der Waals surface area contributed by atoms with E-state index in [1.165, 1.54) is 7.11 Å². The molecule has 208 valence electrons. The highest BCUT2D eigenvalue weighted by Gasteiger charge is 2.31. The number of methoxy groups -OCH3 is 1. The van der Waals surface area contributed by atoms with Gasteiger partial charge in [0.05, 0.1) is 30.9 Å². The number of ether oxygens (including phenoxy) is 3. The van der Waals surface area contributed by atoms with Crippen LogP contribution >= 0.6 is 12.2 Å². The number of allylic oxidation sites excluding steroid dienone is 1. The van der Waals surface area contributed by atoms with Crippen LogP contribution in [0, 0.1) is 13.8 Å². The molecule has 2 heterocycles. The molecular weight excluding hydrogens is 516 g/mol. The van der Waals surface area contributed by atoms with Crippen LogP contribution < -0.4 is 25.4 Å². The van der Waals surface area contributed by atoms with E-state index in [4.69, 9.17) is 26.4 Å². The van der Waals surface area contributed by atoms with Crippen LogP contribution in [-0.2, 0) is 14.3 Å². The average molecular weight is 553 g/mol. The summed E-state index contributed by atoms with van der Waals surface area (Å²) < 4.78 is 17.2. The van der Waals surface area contributed by atoms with E-state index >= 15 is 0 Å². The lowest BCUT2D eigenvalue weighted by atomic mass is 9.94. The molecule has 2 aromatic carbocycles. The van der Waals surface area contributed by atoms with Gasteiger partial charge in [-0.3, -0.25) is 9.59 Å². The molecule has 0 radical (unpaired) electrons. The molecule has 0 saturated carbocycles. The summed E-state index contributed by atoms with van der Waals surface area (Å²) in [6, 6.07) is 10.7. The second-order valence-electron chi connectivity index (χ2n) is 10.1. The predicted octanol–water partition coefficient (Wildman–Crippen LogP) is 3.76. The topological polar surface area (TPSA) is 101 Å². The van der Waals surface area contributed by atoms with Crippen molar-refractivity contribution in [2.24, 2.45) is 0 Å². The fraction of sp³-hybridized carbons (Fsp3) is 0.414. The molecule has 0 spiro atoms. The number of thiocarbonyl (C=S) groups is 1. The van der Waals surface area contributed by atoms with Crippen LogP contribution in [0.4, 0.5) is 5.69 Å². The molecule has 0 aliphatic carbocycles. The third-order valence-electron chi connectivity index (χ3n) is 6.79. The highest BCUT2D eigenvalue weighted by atomic mass is 32.1. The summed E-state index contributed by atoms with van der Waals surface area (Å²) >= 11 is 5.40. The number of aryl methyl sites for hydroxylation is 2. The SMILES string of the molecule is COc1cc([C@@H]2NC(=S)NC(C)=C2C(=O)Nc2ccc(C)cc2C)ccc1OCC(=O)N1C[C@@H](C)O[C@@H](C)C1. The molecule has 0 unspecified atom stereocenters. The van der Waals surface area contributed by atoms with Gasteiger partial charge in [0.25, 0.3) is 11.8 Å². The number of benzene rings is 2. The molecule has 3 atom stereocenters. The lowest BCUT2D eigenvalue weighted by Crippen LogP contribution is -2.49. The van der Waals surface area contributed by atoms with Crippen LogP contribution in [0.25, 0.3) is 0 Å². The van der Waals surface area contributed by atoms with Gasteiger partial charge in [-0.05, 0) is 76.2 Å². The minimum atomic E-state index is -0.523. The van der Waals surface area contributed by atoms with Gasteiger partial charge in [-0.15, -0.1) is 0 Å². The summed E-state index contributed by atoms with van der Waals surface area (Å²) in [6.07, 6.45) is -0.0409. The molecule has 0 bridgehead atoms. The van der Waals surface area contributed by atoms with Gasteiger partial charge in [-0.2, -0.15) is 0 Å². The number of anilines is 1. The first-order valence-electron chi connectivity index (χ1n) is 13.0. The Hall–Kier alpha value is -3.63. The van der Waals surface area contributed by atoms with E-state index in [2.05, 4.69) is 16.0 Å². The number of hydrogen-bond donors (Lipinski definition) is 3. The lowest BCUT2D eigenvalue weighted by Gasteiger charge is -2.35. The molecule has 2 aliphatic rings. The van der Waals surface area contributed by atoms with Crippen LogP contribution in [0.15, 0.2) is 47.7 Å². The molecule has 1 saturated heterocycles. The Kier molecular flexibility index (Phi) is 8.76. The molecule has 1 fully saturated rings. The summed E-state index contributed by atoms with van der Waals surface area (Å²) in [5.41, 5.74) is 4.76. The molecule has 9 nitrogen and oxygen atoms in total. The third-order valence-corrected chi connectivity index (χ3v) is 7.01. The number of carbonyl (C=O) groups excluding carboxylic acids is 2. The van der Waals surface area contributed by atoms with Crippen molar-refractivity contribution in [1.82, 2.24) is 15.5 Å². The first-order chi connectivity index (χ1) is 18.5. The Morgan fingerprint density at radius 1 is 1.08 bits per heavy atom. The predicted molar refractivity (Wildman–Crippen MR) is 154 cm³/mol. The molecule has 2 aromatic rings. The van der Waals surface area contributed by atoms with E-state index in [9.17, 15) is 9.59 Å². The highest BCUT2D eigenvalue weighted by Crippen LogP contribution is 2.35. The number of amides is 2. The van der Waals surface area contributed by atoms with Gasteiger partial charge in [0.1, 0.15) is 0 Å². The number of hydrogen-bond acceptors (Lipinski definition) is 6. The number of carbonyl (C=O) groups is 2. The van der Waals surface area contributed by atoms with Crippen molar-refractivity contribution in [3.63, 3.8) is 0 Å². The summed E-state index contributed by atoms with van der Waals surface area (Å²) in [4.78, 5) is 28.0. The van der Waals surface area contributed by atoms with Gasteiger partial charge < -0.3 is 35.1 Å². The summed E-state index contributed by atoms with van der Waals surface area (Å²) in [5.74, 6) is 0.521. The van der Waals surface area contributed by atoms with E-state index in [0.717, 1.165) is 22.4 Å². The van der Waals surface area contributed by atoms with Crippen molar-refractivity contribution in [2.45, 2.75) is 52.9 Å². The van der Waals surface area contributed by atoms with Gasteiger partial charge >= 0.3 is 0 Å².